The highest BCUT2D eigenvalue weighted by Gasteiger charge is 2.27. The quantitative estimate of drug-likeness (QED) is 0.585. The molecule has 24 heavy (non-hydrogen) atoms. The highest BCUT2D eigenvalue weighted by atomic mass is 32.2. The molecule has 1 aromatic rings. The Morgan fingerprint density at radius 1 is 1.38 bits per heavy atom. The molecule has 2 rings (SSSR count). The van der Waals surface area contributed by atoms with Gasteiger partial charge in [-0.05, 0) is 18.6 Å². The highest BCUT2D eigenvalue weighted by Crippen LogP contribution is 2.23. The maximum absolute atomic E-state index is 12.6. The van der Waals surface area contributed by atoms with Crippen LogP contribution in [0, 0.1) is 17.0 Å². The molecular formula is C14H20N4O5S. The predicted molar refractivity (Wildman–Crippen MR) is 87.1 cm³/mol. The van der Waals surface area contributed by atoms with Crippen molar-refractivity contribution in [1.82, 2.24) is 14.5 Å². The minimum atomic E-state index is -3.90. The summed E-state index contributed by atoms with van der Waals surface area (Å²) in [5.74, 6) is -0.262. The monoisotopic (exact) mass is 356 g/mol. The summed E-state index contributed by atoms with van der Waals surface area (Å²) < 4.78 is 26.2. The van der Waals surface area contributed by atoms with E-state index < -0.39 is 14.9 Å². The summed E-state index contributed by atoms with van der Waals surface area (Å²) in [4.78, 5) is 24.0. The lowest BCUT2D eigenvalue weighted by Crippen LogP contribution is -2.49. The van der Waals surface area contributed by atoms with Crippen molar-refractivity contribution in [3.05, 3.63) is 33.9 Å². The topological polar surface area (TPSA) is 113 Å². The number of non-ortho nitro benzene ring substituents is 1. The Morgan fingerprint density at radius 3 is 2.54 bits per heavy atom. The second kappa shape index (κ2) is 7.24. The number of carbonyl (C=O) groups excluding carboxylic acids is 1. The van der Waals surface area contributed by atoms with Gasteiger partial charge in [-0.3, -0.25) is 14.9 Å². The van der Waals surface area contributed by atoms with Crippen LogP contribution in [0.4, 0.5) is 5.69 Å². The van der Waals surface area contributed by atoms with Crippen LogP contribution in [0.5, 0.6) is 0 Å². The summed E-state index contributed by atoms with van der Waals surface area (Å²) >= 11 is 0. The molecule has 1 amide bonds. The molecule has 0 bridgehead atoms. The Bertz CT molecular complexity index is 744. The van der Waals surface area contributed by atoms with Crippen LogP contribution >= 0.6 is 0 Å². The van der Waals surface area contributed by atoms with E-state index in [1.54, 1.807) is 4.90 Å². The predicted octanol–water partition coefficient (Wildman–Crippen LogP) is -0.0445. The first-order valence-electron chi connectivity index (χ1n) is 7.43. The number of sulfonamides is 1. The van der Waals surface area contributed by atoms with E-state index in [-0.39, 0.29) is 28.6 Å². The van der Waals surface area contributed by atoms with E-state index >= 15 is 0 Å². The number of benzene rings is 1. The Labute approximate surface area is 140 Å². The van der Waals surface area contributed by atoms with E-state index in [9.17, 15) is 23.3 Å². The Kier molecular flexibility index (Phi) is 5.52. The normalized spacial score (nSPS) is 15.5. The number of nitro benzene ring substituents is 1. The average molecular weight is 356 g/mol. The van der Waals surface area contributed by atoms with Crippen LogP contribution in [0.15, 0.2) is 23.1 Å². The van der Waals surface area contributed by atoms with Gasteiger partial charge in [-0.2, -0.15) is 4.31 Å². The number of nitrogens with zero attached hydrogens (tertiary/aromatic N) is 3. The molecule has 1 aliphatic heterocycles. The van der Waals surface area contributed by atoms with Crippen LogP contribution in [0.1, 0.15) is 5.56 Å². The third kappa shape index (κ3) is 3.89. The van der Waals surface area contributed by atoms with E-state index in [0.717, 1.165) is 10.4 Å². The fourth-order valence-corrected chi connectivity index (χ4v) is 3.82. The molecule has 1 N–H and O–H groups in total. The van der Waals surface area contributed by atoms with Crippen LogP contribution in [0.25, 0.3) is 0 Å². The van der Waals surface area contributed by atoms with Gasteiger partial charge in [0.05, 0.1) is 16.4 Å². The van der Waals surface area contributed by atoms with Crippen LogP contribution in [0.3, 0.4) is 0 Å². The van der Waals surface area contributed by atoms with E-state index in [0.29, 0.717) is 26.2 Å². The number of nitro groups is 1. The smallest absolute Gasteiger partial charge is 0.269 e. The minimum Gasteiger partial charge on any atom is -0.339 e. The molecule has 132 valence electrons. The zero-order chi connectivity index (χ0) is 17.9. The van der Waals surface area contributed by atoms with Gasteiger partial charge < -0.3 is 10.2 Å². The lowest BCUT2D eigenvalue weighted by Gasteiger charge is -2.29. The van der Waals surface area contributed by atoms with Crippen molar-refractivity contribution >= 4 is 21.6 Å². The lowest BCUT2D eigenvalue weighted by atomic mass is 10.2. The first kappa shape index (κ1) is 18.3. The first-order chi connectivity index (χ1) is 11.2. The van der Waals surface area contributed by atoms with Crippen molar-refractivity contribution in [2.75, 3.05) is 39.8 Å². The van der Waals surface area contributed by atoms with Crippen molar-refractivity contribution in [2.45, 2.75) is 11.8 Å². The molecule has 1 fully saturated rings. The van der Waals surface area contributed by atoms with Crippen molar-refractivity contribution in [3.63, 3.8) is 0 Å². The number of nitrogens with one attached hydrogen (secondary N) is 1. The summed E-state index contributed by atoms with van der Waals surface area (Å²) in [6.45, 7) is 3.69. The maximum Gasteiger partial charge on any atom is 0.269 e. The Morgan fingerprint density at radius 2 is 2.00 bits per heavy atom. The van der Waals surface area contributed by atoms with Gasteiger partial charge in [0.15, 0.2) is 0 Å². The molecule has 10 heteroatoms. The molecule has 1 saturated heterocycles. The van der Waals surface area contributed by atoms with Crippen molar-refractivity contribution in [1.29, 1.82) is 0 Å². The second-order valence-electron chi connectivity index (χ2n) is 5.60. The van der Waals surface area contributed by atoms with Crippen molar-refractivity contribution in [2.24, 2.45) is 0 Å². The molecule has 0 aliphatic carbocycles. The number of hydrogen-bond donors (Lipinski definition) is 1. The zero-order valence-corrected chi connectivity index (χ0v) is 14.4. The van der Waals surface area contributed by atoms with Gasteiger partial charge in [-0.25, -0.2) is 8.42 Å². The van der Waals surface area contributed by atoms with Gasteiger partial charge >= 0.3 is 0 Å². The molecule has 0 radical (unpaired) electrons. The summed E-state index contributed by atoms with van der Waals surface area (Å²) in [6, 6.07) is 3.55. The number of carbonyl (C=O) groups is 1. The molecule has 0 saturated carbocycles. The van der Waals surface area contributed by atoms with Gasteiger partial charge in [0.25, 0.3) is 5.69 Å². The number of aryl methyl sites for hydroxylation is 1. The fourth-order valence-electron chi connectivity index (χ4n) is 2.49. The van der Waals surface area contributed by atoms with Gasteiger partial charge in [0.1, 0.15) is 0 Å². The van der Waals surface area contributed by atoms with E-state index in [1.165, 1.54) is 26.1 Å². The van der Waals surface area contributed by atoms with E-state index in [4.69, 9.17) is 0 Å². The molecule has 0 unspecified atom stereocenters. The molecular weight excluding hydrogens is 336 g/mol. The van der Waals surface area contributed by atoms with E-state index in [1.807, 2.05) is 0 Å². The van der Waals surface area contributed by atoms with E-state index in [2.05, 4.69) is 5.32 Å². The van der Waals surface area contributed by atoms with Crippen molar-refractivity contribution < 1.29 is 18.1 Å². The SMILES string of the molecule is Cc1cc([N+](=O)[O-])ccc1S(=O)(=O)N(C)CC(=O)N1CCNCC1. The van der Waals surface area contributed by atoms with Crippen molar-refractivity contribution in [3.8, 4) is 0 Å². The molecule has 1 aromatic carbocycles. The average Bonchev–Trinajstić information content (AvgIpc) is 2.55. The number of likely N-dealkylation sites (N-methyl/N-ethyl adjacent to an activating group) is 1. The Hall–Kier alpha value is -2.04. The van der Waals surface area contributed by atoms with Crippen LogP contribution in [-0.2, 0) is 14.8 Å². The lowest BCUT2D eigenvalue weighted by molar-refractivity contribution is -0.385. The second-order valence-corrected chi connectivity index (χ2v) is 7.61. The molecule has 0 spiro atoms. The zero-order valence-electron chi connectivity index (χ0n) is 13.6. The number of amides is 1. The summed E-state index contributed by atoms with van der Waals surface area (Å²) in [7, 11) is -2.57. The number of piperazine rings is 1. The molecule has 9 nitrogen and oxygen atoms in total. The summed E-state index contributed by atoms with van der Waals surface area (Å²) in [5, 5.41) is 13.9. The number of rotatable bonds is 5. The van der Waals surface area contributed by atoms with Gasteiger partial charge in [0, 0.05) is 45.4 Å². The molecule has 1 heterocycles. The van der Waals surface area contributed by atoms with Gasteiger partial charge in [-0.1, -0.05) is 0 Å². The summed E-state index contributed by atoms with van der Waals surface area (Å²) in [6.07, 6.45) is 0. The third-order valence-electron chi connectivity index (χ3n) is 3.89. The van der Waals surface area contributed by atoms with Crippen LogP contribution < -0.4 is 5.32 Å². The third-order valence-corrected chi connectivity index (χ3v) is 5.85. The maximum atomic E-state index is 12.6. The van der Waals surface area contributed by atoms with Gasteiger partial charge in [-0.15, -0.1) is 0 Å². The highest BCUT2D eigenvalue weighted by molar-refractivity contribution is 7.89. The largest absolute Gasteiger partial charge is 0.339 e. The molecule has 1 aliphatic rings. The standard InChI is InChI=1S/C14H20N4O5S/c1-11-9-12(18(20)21)3-4-13(11)24(22,23)16(2)10-14(19)17-7-5-15-6-8-17/h3-4,9,15H,5-8,10H2,1-2H3. The molecule has 0 aromatic heterocycles. The fraction of sp³-hybridized carbons (Fsp3) is 0.500. The first-order valence-corrected chi connectivity index (χ1v) is 8.87. The van der Waals surface area contributed by atoms with Crippen LogP contribution in [0.2, 0.25) is 0 Å². The summed E-state index contributed by atoms with van der Waals surface area (Å²) in [5.41, 5.74) is 0.0941. The molecule has 0 atom stereocenters. The van der Waals surface area contributed by atoms with Crippen LogP contribution in [-0.4, -0.2) is 68.2 Å². The van der Waals surface area contributed by atoms with Gasteiger partial charge in [0.2, 0.25) is 15.9 Å². The number of hydrogen-bond acceptors (Lipinski definition) is 6. The Balaban J connectivity index is 2.16. The minimum absolute atomic E-state index is 0.0382.